The van der Waals surface area contributed by atoms with E-state index in [9.17, 15) is 28.4 Å². The van der Waals surface area contributed by atoms with Gasteiger partial charge in [0.2, 0.25) is 15.9 Å². The lowest BCUT2D eigenvalue weighted by atomic mass is 10.0. The van der Waals surface area contributed by atoms with Crippen molar-refractivity contribution in [3.05, 3.63) is 70.3 Å². The van der Waals surface area contributed by atoms with E-state index >= 15 is 0 Å². The van der Waals surface area contributed by atoms with Crippen LogP contribution in [0, 0.1) is 10.1 Å². The molecule has 1 saturated carbocycles. The number of sulfonamides is 1. The van der Waals surface area contributed by atoms with Crippen LogP contribution in [-0.4, -0.2) is 91.1 Å². The van der Waals surface area contributed by atoms with E-state index in [1.54, 1.807) is 0 Å². The molecule has 4 rings (SSSR count). The van der Waals surface area contributed by atoms with Gasteiger partial charge in [-0.05, 0) is 37.0 Å². The highest BCUT2D eigenvalue weighted by atomic mass is 32.2. The first-order chi connectivity index (χ1) is 17.7. The summed E-state index contributed by atoms with van der Waals surface area (Å²) in [5.74, 6) is -0.252. The van der Waals surface area contributed by atoms with Crippen LogP contribution in [-0.2, 0) is 26.0 Å². The second-order valence-electron chi connectivity index (χ2n) is 9.38. The summed E-state index contributed by atoms with van der Waals surface area (Å²) < 4.78 is 33.5. The van der Waals surface area contributed by atoms with Crippen molar-refractivity contribution in [3.63, 3.8) is 0 Å². The number of ether oxygens (including phenoxy) is 1. The van der Waals surface area contributed by atoms with Gasteiger partial charge in [-0.1, -0.05) is 30.3 Å². The second-order valence-corrected chi connectivity index (χ2v) is 11.3. The number of carbonyl (C=O) groups excluding carboxylic acids is 1. The molecule has 1 saturated heterocycles. The number of carbonyl (C=O) groups is 1. The van der Waals surface area contributed by atoms with E-state index in [1.807, 2.05) is 35.2 Å². The number of hydrogen-bond acceptors (Lipinski definition) is 8. The van der Waals surface area contributed by atoms with E-state index in [4.69, 9.17) is 4.74 Å². The molecule has 0 unspecified atom stereocenters. The maximum Gasteiger partial charge on any atom is 0.269 e. The van der Waals surface area contributed by atoms with Crippen LogP contribution < -0.4 is 5.32 Å². The molecule has 37 heavy (non-hydrogen) atoms. The van der Waals surface area contributed by atoms with Crippen molar-refractivity contribution < 1.29 is 28.0 Å². The van der Waals surface area contributed by atoms with E-state index in [1.165, 1.54) is 16.4 Å². The second kappa shape index (κ2) is 12.1. The maximum absolute atomic E-state index is 13.4. The summed E-state index contributed by atoms with van der Waals surface area (Å²) in [7, 11) is -4.02. The van der Waals surface area contributed by atoms with Crippen LogP contribution in [0.3, 0.4) is 0 Å². The minimum atomic E-state index is -4.02. The van der Waals surface area contributed by atoms with Crippen LogP contribution in [0.5, 0.6) is 0 Å². The topological polar surface area (TPSA) is 142 Å². The molecule has 200 valence electrons. The Bertz CT molecular complexity index is 1170. The summed E-state index contributed by atoms with van der Waals surface area (Å²) in [5, 5.41) is 25.1. The number of aliphatic hydroxyl groups is 1. The SMILES string of the molecule is O=C(CN1CCOCC1)N[C@@H](Cc1ccccc1)[C@H](O)CN(C1CC1)S(=O)(=O)c1ccc([N+](=O)[O-])cc1. The van der Waals surface area contributed by atoms with Gasteiger partial charge in [0.1, 0.15) is 0 Å². The number of benzene rings is 2. The number of amides is 1. The van der Waals surface area contributed by atoms with Gasteiger partial charge in [0.05, 0.1) is 41.7 Å². The van der Waals surface area contributed by atoms with Crippen LogP contribution in [0.2, 0.25) is 0 Å². The predicted octanol–water partition coefficient (Wildman–Crippen LogP) is 1.17. The Morgan fingerprint density at radius 3 is 2.38 bits per heavy atom. The monoisotopic (exact) mass is 532 g/mol. The van der Waals surface area contributed by atoms with Crippen LogP contribution in [0.25, 0.3) is 0 Å². The van der Waals surface area contributed by atoms with Gasteiger partial charge < -0.3 is 15.2 Å². The first kappa shape index (κ1) is 27.1. The van der Waals surface area contributed by atoms with E-state index in [2.05, 4.69) is 5.32 Å². The quantitative estimate of drug-likeness (QED) is 0.306. The van der Waals surface area contributed by atoms with E-state index in [0.717, 1.165) is 17.7 Å². The normalized spacial score (nSPS) is 18.3. The minimum absolute atomic E-state index is 0.0758. The Balaban J connectivity index is 1.50. The largest absolute Gasteiger partial charge is 0.390 e. The molecule has 1 heterocycles. The fourth-order valence-corrected chi connectivity index (χ4v) is 6.06. The van der Waals surface area contributed by atoms with Crippen LogP contribution in [0.15, 0.2) is 59.5 Å². The number of morpholine rings is 1. The predicted molar refractivity (Wildman–Crippen MR) is 135 cm³/mol. The van der Waals surface area contributed by atoms with Crippen molar-refractivity contribution in [2.24, 2.45) is 0 Å². The summed E-state index contributed by atoms with van der Waals surface area (Å²) in [6.45, 7) is 2.35. The van der Waals surface area contributed by atoms with Crippen molar-refractivity contribution >= 4 is 21.6 Å². The van der Waals surface area contributed by atoms with Gasteiger partial charge in [-0.15, -0.1) is 0 Å². The third kappa shape index (κ3) is 7.33. The summed E-state index contributed by atoms with van der Waals surface area (Å²) in [4.78, 5) is 25.1. The van der Waals surface area contributed by atoms with Gasteiger partial charge in [0, 0.05) is 37.8 Å². The fraction of sp³-hybridized carbons (Fsp3) is 0.480. The lowest BCUT2D eigenvalue weighted by Gasteiger charge is -2.31. The molecule has 0 aromatic heterocycles. The van der Waals surface area contributed by atoms with Crippen LogP contribution in [0.4, 0.5) is 5.69 Å². The Labute approximate surface area is 216 Å². The zero-order valence-corrected chi connectivity index (χ0v) is 21.3. The first-order valence-corrected chi connectivity index (χ1v) is 13.8. The molecule has 2 aromatic rings. The van der Waals surface area contributed by atoms with Gasteiger partial charge in [-0.2, -0.15) is 4.31 Å². The molecule has 1 amide bonds. The summed E-state index contributed by atoms with van der Waals surface area (Å²) in [5.41, 5.74) is 0.692. The molecule has 0 radical (unpaired) electrons. The highest BCUT2D eigenvalue weighted by Gasteiger charge is 2.40. The third-order valence-electron chi connectivity index (χ3n) is 6.56. The molecule has 2 aliphatic rings. The molecule has 1 aliphatic heterocycles. The number of rotatable bonds is 12. The molecule has 2 fully saturated rings. The number of non-ortho nitro benzene ring substituents is 1. The molecular weight excluding hydrogens is 500 g/mol. The third-order valence-corrected chi connectivity index (χ3v) is 8.49. The van der Waals surface area contributed by atoms with Crippen molar-refractivity contribution in [1.82, 2.24) is 14.5 Å². The van der Waals surface area contributed by atoms with Crippen molar-refractivity contribution in [3.8, 4) is 0 Å². The van der Waals surface area contributed by atoms with Crippen LogP contribution in [0.1, 0.15) is 18.4 Å². The number of hydrogen-bond donors (Lipinski definition) is 2. The molecular formula is C25H32N4O7S. The standard InChI is InChI=1S/C25H32N4O7S/c30-24(17-28(20-6-7-20)37(34,35)22-10-8-21(9-11-22)29(32)33)23(16-19-4-2-1-3-5-19)26-25(31)18-27-12-14-36-15-13-27/h1-5,8-11,20,23-24,30H,6-7,12-18H2,(H,26,31)/t23-,24+/m0/s1. The molecule has 0 spiro atoms. The van der Waals surface area contributed by atoms with Gasteiger partial charge in [-0.3, -0.25) is 19.8 Å². The molecule has 1 aliphatic carbocycles. The minimum Gasteiger partial charge on any atom is -0.390 e. The summed E-state index contributed by atoms with van der Waals surface area (Å²) in [6, 6.07) is 13.1. The number of aliphatic hydroxyl groups excluding tert-OH is 1. The van der Waals surface area contributed by atoms with E-state index in [0.29, 0.717) is 45.6 Å². The highest BCUT2D eigenvalue weighted by molar-refractivity contribution is 7.89. The number of nitrogens with one attached hydrogen (secondary N) is 1. The Morgan fingerprint density at radius 2 is 1.78 bits per heavy atom. The molecule has 0 bridgehead atoms. The Hall–Kier alpha value is -2.90. The van der Waals surface area contributed by atoms with E-state index in [-0.39, 0.29) is 35.6 Å². The number of nitro benzene ring substituents is 1. The van der Waals surface area contributed by atoms with Gasteiger partial charge in [-0.25, -0.2) is 8.42 Å². The van der Waals surface area contributed by atoms with E-state index < -0.39 is 27.1 Å². The Morgan fingerprint density at radius 1 is 1.14 bits per heavy atom. The highest BCUT2D eigenvalue weighted by Crippen LogP contribution is 2.33. The summed E-state index contributed by atoms with van der Waals surface area (Å²) in [6.07, 6.45) is 0.465. The van der Waals surface area contributed by atoms with Crippen molar-refractivity contribution in [2.75, 3.05) is 39.4 Å². The smallest absolute Gasteiger partial charge is 0.269 e. The van der Waals surface area contributed by atoms with Crippen molar-refractivity contribution in [1.29, 1.82) is 0 Å². The molecule has 11 nitrogen and oxygen atoms in total. The van der Waals surface area contributed by atoms with Gasteiger partial charge in [0.15, 0.2) is 0 Å². The average molecular weight is 533 g/mol. The lowest BCUT2D eigenvalue weighted by molar-refractivity contribution is -0.384. The van der Waals surface area contributed by atoms with Gasteiger partial charge in [0.25, 0.3) is 5.69 Å². The molecule has 2 aromatic carbocycles. The van der Waals surface area contributed by atoms with Gasteiger partial charge >= 0.3 is 0 Å². The zero-order valence-electron chi connectivity index (χ0n) is 20.4. The zero-order chi connectivity index (χ0) is 26.4. The molecule has 2 atom stereocenters. The number of nitro groups is 1. The van der Waals surface area contributed by atoms with Crippen molar-refractivity contribution in [2.45, 2.75) is 42.3 Å². The number of nitrogens with zero attached hydrogens (tertiary/aromatic N) is 3. The van der Waals surface area contributed by atoms with Crippen LogP contribution >= 0.6 is 0 Å². The fourth-order valence-electron chi connectivity index (χ4n) is 4.36. The Kier molecular flexibility index (Phi) is 8.87. The average Bonchev–Trinajstić information content (AvgIpc) is 3.73. The molecule has 2 N–H and O–H groups in total. The molecule has 12 heteroatoms. The summed E-state index contributed by atoms with van der Waals surface area (Å²) >= 11 is 0. The lowest BCUT2D eigenvalue weighted by Crippen LogP contribution is -2.53. The first-order valence-electron chi connectivity index (χ1n) is 12.3. The maximum atomic E-state index is 13.4.